The Kier molecular flexibility index (Phi) is 5.62. The first kappa shape index (κ1) is 20.5. The molecule has 0 amide bonds. The van der Waals surface area contributed by atoms with Gasteiger partial charge in [0.1, 0.15) is 11.3 Å². The van der Waals surface area contributed by atoms with Gasteiger partial charge in [-0.1, -0.05) is 6.07 Å². The quantitative estimate of drug-likeness (QED) is 0.373. The van der Waals surface area contributed by atoms with Crippen molar-refractivity contribution in [1.82, 2.24) is 0 Å². The van der Waals surface area contributed by atoms with Crippen molar-refractivity contribution in [2.75, 3.05) is 6.61 Å². The molecule has 0 atom stereocenters. The molecule has 0 N–H and O–H groups in total. The molecule has 6 nitrogen and oxygen atoms in total. The van der Waals surface area contributed by atoms with E-state index in [1.165, 1.54) is 6.26 Å². The molecule has 0 bridgehead atoms. The van der Waals surface area contributed by atoms with Crippen molar-refractivity contribution in [2.24, 2.45) is 0 Å². The molecule has 6 heteroatoms. The van der Waals surface area contributed by atoms with Crippen LogP contribution in [0.25, 0.3) is 22.5 Å². The molecule has 0 spiro atoms. The van der Waals surface area contributed by atoms with Crippen molar-refractivity contribution in [3.05, 3.63) is 82.2 Å². The summed E-state index contributed by atoms with van der Waals surface area (Å²) < 4.78 is 22.6. The Labute approximate surface area is 179 Å². The highest BCUT2D eigenvalue weighted by molar-refractivity contribution is 5.97. The van der Waals surface area contributed by atoms with E-state index in [1.807, 2.05) is 26.8 Å². The SMILES string of the molecule is Cc1ccc2c(=O)c(OCC(=O)c3ccc(OC(C)C)cc3)c(-c3ccco3)oc2c1. The number of carbonyl (C=O) groups excluding carboxylic acids is 1. The first-order valence-electron chi connectivity index (χ1n) is 9.96. The Morgan fingerprint density at radius 3 is 2.52 bits per heavy atom. The number of ketones is 1. The van der Waals surface area contributed by atoms with Crippen molar-refractivity contribution in [2.45, 2.75) is 26.9 Å². The van der Waals surface area contributed by atoms with Crippen molar-refractivity contribution < 1.29 is 23.1 Å². The highest BCUT2D eigenvalue weighted by atomic mass is 16.5. The summed E-state index contributed by atoms with van der Waals surface area (Å²) in [5.74, 6) is 0.849. The Hall–Kier alpha value is -3.80. The summed E-state index contributed by atoms with van der Waals surface area (Å²) in [7, 11) is 0. The molecule has 4 aromatic rings. The van der Waals surface area contributed by atoms with Gasteiger partial charge in [0.05, 0.1) is 17.8 Å². The Morgan fingerprint density at radius 1 is 1.06 bits per heavy atom. The van der Waals surface area contributed by atoms with Crippen LogP contribution in [0.15, 0.2) is 74.5 Å². The maximum absolute atomic E-state index is 13.1. The fraction of sp³-hybridized carbons (Fsp3) is 0.200. The summed E-state index contributed by atoms with van der Waals surface area (Å²) in [6.07, 6.45) is 1.52. The van der Waals surface area contributed by atoms with Gasteiger partial charge in [0.25, 0.3) is 0 Å². The highest BCUT2D eigenvalue weighted by Crippen LogP contribution is 2.31. The van der Waals surface area contributed by atoms with Gasteiger partial charge in [0.15, 0.2) is 18.2 Å². The van der Waals surface area contributed by atoms with E-state index in [0.717, 1.165) is 5.56 Å². The van der Waals surface area contributed by atoms with E-state index in [1.54, 1.807) is 48.5 Å². The highest BCUT2D eigenvalue weighted by Gasteiger charge is 2.21. The Balaban J connectivity index is 1.64. The third kappa shape index (κ3) is 4.38. The van der Waals surface area contributed by atoms with Gasteiger partial charge in [0, 0.05) is 5.56 Å². The monoisotopic (exact) mass is 418 g/mol. The first-order chi connectivity index (χ1) is 14.9. The number of Topliss-reactive ketones (excluding diaryl/α,β-unsaturated/α-hetero) is 1. The summed E-state index contributed by atoms with van der Waals surface area (Å²) >= 11 is 0. The maximum atomic E-state index is 13.1. The molecule has 4 rings (SSSR count). The molecule has 0 aliphatic carbocycles. The second-order valence-electron chi connectivity index (χ2n) is 7.47. The summed E-state index contributed by atoms with van der Waals surface area (Å²) in [5, 5.41) is 0.374. The molecule has 0 unspecified atom stereocenters. The van der Waals surface area contributed by atoms with Crippen molar-refractivity contribution >= 4 is 16.8 Å². The molecule has 0 saturated carbocycles. The molecule has 0 radical (unpaired) electrons. The predicted octanol–water partition coefficient (Wildman–Crippen LogP) is 5.41. The lowest BCUT2D eigenvalue weighted by Crippen LogP contribution is -2.17. The topological polar surface area (TPSA) is 78.9 Å². The zero-order valence-electron chi connectivity index (χ0n) is 17.5. The number of hydrogen-bond donors (Lipinski definition) is 0. The summed E-state index contributed by atoms with van der Waals surface area (Å²) in [6, 6.07) is 15.4. The fourth-order valence-electron chi connectivity index (χ4n) is 3.20. The molecule has 0 saturated heterocycles. The number of hydrogen-bond acceptors (Lipinski definition) is 6. The van der Waals surface area contributed by atoms with Gasteiger partial charge in [0.2, 0.25) is 16.9 Å². The lowest BCUT2D eigenvalue weighted by atomic mass is 10.1. The van der Waals surface area contributed by atoms with Gasteiger partial charge >= 0.3 is 0 Å². The number of carbonyl (C=O) groups is 1. The van der Waals surface area contributed by atoms with Gasteiger partial charge in [-0.15, -0.1) is 0 Å². The van der Waals surface area contributed by atoms with Crippen LogP contribution in [0, 0.1) is 6.92 Å². The Bertz CT molecular complexity index is 1260. The first-order valence-corrected chi connectivity index (χ1v) is 9.96. The van der Waals surface area contributed by atoms with Crippen LogP contribution in [0.4, 0.5) is 0 Å². The molecular formula is C25H22O6. The number of fused-ring (bicyclic) bond motifs is 1. The van der Waals surface area contributed by atoms with E-state index in [9.17, 15) is 9.59 Å². The average molecular weight is 418 g/mol. The molecule has 2 heterocycles. The summed E-state index contributed by atoms with van der Waals surface area (Å²) in [4.78, 5) is 25.7. The molecule has 0 aliphatic rings. The van der Waals surface area contributed by atoms with Crippen LogP contribution in [0.1, 0.15) is 29.8 Å². The van der Waals surface area contributed by atoms with Gasteiger partial charge in [-0.05, 0) is 74.9 Å². The lowest BCUT2D eigenvalue weighted by Gasteiger charge is -2.11. The Morgan fingerprint density at radius 2 is 1.84 bits per heavy atom. The van der Waals surface area contributed by atoms with Crippen LogP contribution >= 0.6 is 0 Å². The van der Waals surface area contributed by atoms with Crippen LogP contribution in [0.2, 0.25) is 0 Å². The van der Waals surface area contributed by atoms with E-state index in [4.69, 9.17) is 18.3 Å². The molecular weight excluding hydrogens is 396 g/mol. The van der Waals surface area contributed by atoms with E-state index >= 15 is 0 Å². The molecule has 31 heavy (non-hydrogen) atoms. The number of benzene rings is 2. The minimum Gasteiger partial charge on any atom is -0.491 e. The number of ether oxygens (including phenoxy) is 2. The number of aryl methyl sites for hydroxylation is 1. The van der Waals surface area contributed by atoms with E-state index < -0.39 is 0 Å². The minimum absolute atomic E-state index is 0.0424. The van der Waals surface area contributed by atoms with Crippen molar-refractivity contribution in [3.63, 3.8) is 0 Å². The normalized spacial score (nSPS) is 11.1. The summed E-state index contributed by atoms with van der Waals surface area (Å²) in [5.41, 5.74) is 1.48. The third-order valence-corrected chi connectivity index (χ3v) is 4.65. The lowest BCUT2D eigenvalue weighted by molar-refractivity contribution is 0.0920. The molecule has 0 fully saturated rings. The van der Waals surface area contributed by atoms with E-state index in [2.05, 4.69) is 0 Å². The number of furan rings is 1. The van der Waals surface area contributed by atoms with Crippen LogP contribution in [0.3, 0.4) is 0 Å². The standard InChI is InChI=1S/C25H22O6/c1-15(2)30-18-9-7-17(8-10-18)20(26)14-29-25-23(27)19-11-6-16(3)13-22(19)31-24(25)21-5-4-12-28-21/h4-13,15H,14H2,1-3H3. The van der Waals surface area contributed by atoms with Crippen LogP contribution < -0.4 is 14.9 Å². The molecule has 0 aliphatic heterocycles. The van der Waals surface area contributed by atoms with Gasteiger partial charge in [-0.25, -0.2) is 0 Å². The molecule has 2 aromatic heterocycles. The zero-order chi connectivity index (χ0) is 22.0. The third-order valence-electron chi connectivity index (χ3n) is 4.65. The average Bonchev–Trinajstić information content (AvgIpc) is 3.27. The predicted molar refractivity (Wildman–Crippen MR) is 117 cm³/mol. The second-order valence-corrected chi connectivity index (χ2v) is 7.47. The van der Waals surface area contributed by atoms with Gasteiger partial charge < -0.3 is 18.3 Å². The van der Waals surface area contributed by atoms with Crippen LogP contribution in [-0.4, -0.2) is 18.5 Å². The van der Waals surface area contributed by atoms with Crippen LogP contribution in [0.5, 0.6) is 11.5 Å². The number of rotatable bonds is 7. The van der Waals surface area contributed by atoms with E-state index in [-0.39, 0.29) is 35.4 Å². The zero-order valence-corrected chi connectivity index (χ0v) is 17.5. The van der Waals surface area contributed by atoms with Gasteiger partial charge in [-0.2, -0.15) is 0 Å². The summed E-state index contributed by atoms with van der Waals surface area (Å²) in [6.45, 7) is 5.45. The fourth-order valence-corrected chi connectivity index (χ4v) is 3.20. The smallest absolute Gasteiger partial charge is 0.235 e. The minimum atomic E-state index is -0.360. The molecule has 2 aromatic carbocycles. The van der Waals surface area contributed by atoms with E-state index in [0.29, 0.717) is 28.0 Å². The molecule has 158 valence electrons. The van der Waals surface area contributed by atoms with Crippen LogP contribution in [-0.2, 0) is 0 Å². The second kappa shape index (κ2) is 8.52. The van der Waals surface area contributed by atoms with Crippen molar-refractivity contribution in [3.8, 4) is 23.0 Å². The van der Waals surface area contributed by atoms with Gasteiger partial charge in [-0.3, -0.25) is 9.59 Å². The van der Waals surface area contributed by atoms with Crippen molar-refractivity contribution in [1.29, 1.82) is 0 Å². The largest absolute Gasteiger partial charge is 0.491 e. The maximum Gasteiger partial charge on any atom is 0.235 e.